The van der Waals surface area contributed by atoms with Crippen molar-refractivity contribution in [1.82, 2.24) is 4.98 Å². The van der Waals surface area contributed by atoms with Crippen LogP contribution in [-0.2, 0) is 5.41 Å². The fourth-order valence-electron chi connectivity index (χ4n) is 1.65. The molecular formula is C15H17BrN2O. The molecular weight excluding hydrogens is 304 g/mol. The van der Waals surface area contributed by atoms with Crippen molar-refractivity contribution < 1.29 is 4.74 Å². The molecule has 2 aromatic rings. The van der Waals surface area contributed by atoms with Crippen LogP contribution in [0.4, 0.5) is 5.69 Å². The molecule has 100 valence electrons. The molecule has 0 unspecified atom stereocenters. The molecule has 4 heteroatoms. The third-order valence-electron chi connectivity index (χ3n) is 2.72. The lowest BCUT2D eigenvalue weighted by atomic mass is 9.88. The van der Waals surface area contributed by atoms with Crippen LogP contribution in [0, 0.1) is 0 Å². The minimum atomic E-state index is 0.0890. The van der Waals surface area contributed by atoms with Gasteiger partial charge in [0.1, 0.15) is 5.75 Å². The molecule has 0 atom stereocenters. The SMILES string of the molecule is CC(C)(C)c1ccc(Oc2cc(N)cc(Br)c2)nc1. The summed E-state index contributed by atoms with van der Waals surface area (Å²) in [6.07, 6.45) is 1.84. The molecule has 0 radical (unpaired) electrons. The summed E-state index contributed by atoms with van der Waals surface area (Å²) in [4.78, 5) is 4.32. The molecule has 0 saturated heterocycles. The molecule has 0 aliphatic carbocycles. The summed E-state index contributed by atoms with van der Waals surface area (Å²) in [5.41, 5.74) is 7.68. The summed E-state index contributed by atoms with van der Waals surface area (Å²) in [6, 6.07) is 9.35. The van der Waals surface area contributed by atoms with Crippen LogP contribution >= 0.6 is 15.9 Å². The fourth-order valence-corrected chi connectivity index (χ4v) is 2.14. The van der Waals surface area contributed by atoms with Crippen molar-refractivity contribution in [3.63, 3.8) is 0 Å². The zero-order valence-corrected chi connectivity index (χ0v) is 12.9. The Morgan fingerprint density at radius 1 is 1.16 bits per heavy atom. The molecule has 19 heavy (non-hydrogen) atoms. The van der Waals surface area contributed by atoms with Gasteiger partial charge in [-0.3, -0.25) is 0 Å². The second kappa shape index (κ2) is 5.21. The Morgan fingerprint density at radius 2 is 1.89 bits per heavy atom. The zero-order valence-electron chi connectivity index (χ0n) is 11.3. The molecule has 3 nitrogen and oxygen atoms in total. The normalized spacial score (nSPS) is 11.4. The van der Waals surface area contributed by atoms with E-state index in [1.54, 1.807) is 6.07 Å². The van der Waals surface area contributed by atoms with Crippen molar-refractivity contribution in [3.05, 3.63) is 46.6 Å². The summed E-state index contributed by atoms with van der Waals surface area (Å²) >= 11 is 3.38. The average Bonchev–Trinajstić information content (AvgIpc) is 2.26. The number of rotatable bonds is 2. The van der Waals surface area contributed by atoms with Crippen LogP contribution < -0.4 is 10.5 Å². The molecule has 2 rings (SSSR count). The van der Waals surface area contributed by atoms with E-state index in [-0.39, 0.29) is 5.41 Å². The quantitative estimate of drug-likeness (QED) is 0.828. The monoisotopic (exact) mass is 320 g/mol. The number of benzene rings is 1. The largest absolute Gasteiger partial charge is 0.439 e. The number of hydrogen-bond donors (Lipinski definition) is 1. The molecule has 0 spiro atoms. The molecule has 0 bridgehead atoms. The van der Waals surface area contributed by atoms with Gasteiger partial charge in [-0.05, 0) is 23.1 Å². The number of pyridine rings is 1. The summed E-state index contributed by atoms with van der Waals surface area (Å²) in [6.45, 7) is 6.46. The highest BCUT2D eigenvalue weighted by atomic mass is 79.9. The number of nitrogens with zero attached hydrogens (tertiary/aromatic N) is 1. The fraction of sp³-hybridized carbons (Fsp3) is 0.267. The standard InChI is InChI=1S/C15H17BrN2O/c1-15(2,3)10-4-5-14(18-9-10)19-13-7-11(16)6-12(17)8-13/h4-9H,17H2,1-3H3. The van der Waals surface area contributed by atoms with Gasteiger partial charge in [0.2, 0.25) is 5.88 Å². The van der Waals surface area contributed by atoms with Crippen molar-refractivity contribution in [3.8, 4) is 11.6 Å². The maximum atomic E-state index is 5.76. The van der Waals surface area contributed by atoms with Crippen LogP contribution in [0.15, 0.2) is 41.0 Å². The lowest BCUT2D eigenvalue weighted by Crippen LogP contribution is -2.11. The summed E-state index contributed by atoms with van der Waals surface area (Å²) < 4.78 is 6.57. The number of nitrogen functional groups attached to an aromatic ring is 1. The van der Waals surface area contributed by atoms with Crippen molar-refractivity contribution in [1.29, 1.82) is 0 Å². The second-order valence-corrected chi connectivity index (χ2v) is 6.37. The number of halogens is 1. The predicted molar refractivity (Wildman–Crippen MR) is 81.6 cm³/mol. The highest BCUT2D eigenvalue weighted by Gasteiger charge is 2.13. The van der Waals surface area contributed by atoms with Crippen molar-refractivity contribution >= 4 is 21.6 Å². The number of hydrogen-bond acceptors (Lipinski definition) is 3. The molecule has 1 heterocycles. The van der Waals surface area contributed by atoms with Gasteiger partial charge in [0.15, 0.2) is 0 Å². The van der Waals surface area contributed by atoms with Gasteiger partial charge in [-0.15, -0.1) is 0 Å². The van der Waals surface area contributed by atoms with Crippen LogP contribution in [0.25, 0.3) is 0 Å². The Labute approximate surface area is 121 Å². The van der Waals surface area contributed by atoms with E-state index in [9.17, 15) is 0 Å². The minimum Gasteiger partial charge on any atom is -0.439 e. The van der Waals surface area contributed by atoms with Gasteiger partial charge >= 0.3 is 0 Å². The molecule has 0 aliphatic heterocycles. The number of aromatic nitrogens is 1. The van der Waals surface area contributed by atoms with Gasteiger partial charge in [0.25, 0.3) is 0 Å². The Morgan fingerprint density at radius 3 is 2.42 bits per heavy atom. The predicted octanol–water partition coefficient (Wildman–Crippen LogP) is 4.52. The van der Waals surface area contributed by atoms with Crippen molar-refractivity contribution in [2.45, 2.75) is 26.2 Å². The van der Waals surface area contributed by atoms with E-state index in [0.717, 1.165) is 4.47 Å². The topological polar surface area (TPSA) is 48.1 Å². The maximum Gasteiger partial charge on any atom is 0.219 e. The van der Waals surface area contributed by atoms with Gasteiger partial charge in [-0.25, -0.2) is 4.98 Å². The first kappa shape index (κ1) is 13.9. The number of anilines is 1. The maximum absolute atomic E-state index is 5.76. The zero-order chi connectivity index (χ0) is 14.0. The van der Waals surface area contributed by atoms with E-state index in [2.05, 4.69) is 41.7 Å². The first-order valence-electron chi connectivity index (χ1n) is 6.05. The van der Waals surface area contributed by atoms with Crippen LogP contribution in [0.5, 0.6) is 11.6 Å². The Balaban J connectivity index is 2.20. The molecule has 0 amide bonds. The van der Waals surface area contributed by atoms with Gasteiger partial charge in [0.05, 0.1) is 0 Å². The Hall–Kier alpha value is -1.55. The minimum absolute atomic E-state index is 0.0890. The van der Waals surface area contributed by atoms with E-state index >= 15 is 0 Å². The summed E-state index contributed by atoms with van der Waals surface area (Å²) in [5, 5.41) is 0. The first-order chi connectivity index (χ1) is 8.84. The third-order valence-corrected chi connectivity index (χ3v) is 3.18. The summed E-state index contributed by atoms with van der Waals surface area (Å²) in [5.74, 6) is 1.23. The number of ether oxygens (including phenoxy) is 1. The van der Waals surface area contributed by atoms with Gasteiger partial charge in [-0.2, -0.15) is 0 Å². The first-order valence-corrected chi connectivity index (χ1v) is 6.84. The van der Waals surface area contributed by atoms with Crippen molar-refractivity contribution in [2.24, 2.45) is 0 Å². The second-order valence-electron chi connectivity index (χ2n) is 5.46. The van der Waals surface area contributed by atoms with E-state index < -0.39 is 0 Å². The van der Waals surface area contributed by atoms with Crippen molar-refractivity contribution in [2.75, 3.05) is 5.73 Å². The smallest absolute Gasteiger partial charge is 0.219 e. The highest BCUT2D eigenvalue weighted by molar-refractivity contribution is 9.10. The van der Waals surface area contributed by atoms with Gasteiger partial charge in [0, 0.05) is 28.5 Å². The van der Waals surface area contributed by atoms with Gasteiger partial charge < -0.3 is 10.5 Å². The lowest BCUT2D eigenvalue weighted by Gasteiger charge is -2.18. The molecule has 0 saturated carbocycles. The van der Waals surface area contributed by atoms with E-state index in [1.807, 2.05) is 30.5 Å². The lowest BCUT2D eigenvalue weighted by molar-refractivity contribution is 0.461. The summed E-state index contributed by atoms with van der Waals surface area (Å²) in [7, 11) is 0. The highest BCUT2D eigenvalue weighted by Crippen LogP contribution is 2.28. The number of nitrogens with two attached hydrogens (primary N) is 1. The van der Waals surface area contributed by atoms with Crippen LogP contribution in [0.2, 0.25) is 0 Å². The molecule has 2 N–H and O–H groups in total. The molecule has 0 fully saturated rings. The van der Waals surface area contributed by atoms with E-state index in [4.69, 9.17) is 10.5 Å². The van der Waals surface area contributed by atoms with Crippen LogP contribution in [0.3, 0.4) is 0 Å². The molecule has 1 aromatic heterocycles. The Bertz CT molecular complexity index is 553. The van der Waals surface area contributed by atoms with E-state index in [0.29, 0.717) is 17.3 Å². The van der Waals surface area contributed by atoms with E-state index in [1.165, 1.54) is 5.56 Å². The Kier molecular flexibility index (Phi) is 3.80. The molecule has 0 aliphatic rings. The average molecular weight is 321 g/mol. The van der Waals surface area contributed by atoms with Crippen LogP contribution in [0.1, 0.15) is 26.3 Å². The van der Waals surface area contributed by atoms with Crippen LogP contribution in [-0.4, -0.2) is 4.98 Å². The third kappa shape index (κ3) is 3.70. The van der Waals surface area contributed by atoms with Gasteiger partial charge in [-0.1, -0.05) is 42.8 Å². The molecule has 1 aromatic carbocycles.